The predicted molar refractivity (Wildman–Crippen MR) is 63.0 cm³/mol. The lowest BCUT2D eigenvalue weighted by Crippen LogP contribution is -2.00. The summed E-state index contributed by atoms with van der Waals surface area (Å²) in [6, 6.07) is 6.86. The van der Waals surface area contributed by atoms with Gasteiger partial charge in [-0.25, -0.2) is 0 Å². The summed E-state index contributed by atoms with van der Waals surface area (Å²) in [4.78, 5) is 0. The van der Waals surface area contributed by atoms with Crippen LogP contribution in [0, 0.1) is 6.92 Å². The molecule has 2 N–H and O–H groups in total. The number of nitrogens with two attached hydrogens (primary N) is 1. The molecular formula is C13H16N2. The van der Waals surface area contributed by atoms with E-state index in [1.165, 1.54) is 22.0 Å². The Balaban J connectivity index is 2.30. The quantitative estimate of drug-likeness (QED) is 0.752. The van der Waals surface area contributed by atoms with E-state index >= 15 is 0 Å². The number of benzene rings is 1. The molecule has 2 nitrogen and oxygen atoms in total. The molecule has 0 radical (unpaired) electrons. The van der Waals surface area contributed by atoms with Crippen LogP contribution >= 0.6 is 0 Å². The highest BCUT2D eigenvalue weighted by molar-refractivity contribution is 5.88. The normalized spacial score (nSPS) is 24.7. The highest BCUT2D eigenvalue weighted by Crippen LogP contribution is 2.43. The Kier molecular flexibility index (Phi) is 1.71. The predicted octanol–water partition coefficient (Wildman–Crippen LogP) is 2.30. The van der Waals surface area contributed by atoms with Crippen LogP contribution < -0.4 is 5.73 Å². The summed E-state index contributed by atoms with van der Waals surface area (Å²) in [6.45, 7) is 2.18. The zero-order valence-corrected chi connectivity index (χ0v) is 9.20. The van der Waals surface area contributed by atoms with Gasteiger partial charge in [-0.15, -0.1) is 0 Å². The lowest BCUT2D eigenvalue weighted by Gasteiger charge is -2.00. The fourth-order valence-electron chi connectivity index (χ4n) is 2.52. The minimum atomic E-state index is 0.384. The standard InChI is InChI=1S/C13H16N2/c1-8-4-3-5-12-13(8)10(7-15(12)2)9-6-11(9)14/h3-5,7,9,11H,6,14H2,1-2H3/t9-,11-/m1/s1. The molecule has 0 spiro atoms. The van der Waals surface area contributed by atoms with Crippen LogP contribution in [0.15, 0.2) is 24.4 Å². The van der Waals surface area contributed by atoms with Crippen molar-refractivity contribution < 1.29 is 0 Å². The lowest BCUT2D eigenvalue weighted by molar-refractivity contribution is 0.938. The molecule has 78 valence electrons. The second-order valence-corrected chi connectivity index (χ2v) is 4.67. The summed E-state index contributed by atoms with van der Waals surface area (Å²) in [6.07, 6.45) is 3.39. The zero-order chi connectivity index (χ0) is 10.6. The van der Waals surface area contributed by atoms with Gasteiger partial charge in [-0.1, -0.05) is 12.1 Å². The van der Waals surface area contributed by atoms with E-state index in [0.29, 0.717) is 12.0 Å². The van der Waals surface area contributed by atoms with Crippen LogP contribution in [-0.4, -0.2) is 10.6 Å². The van der Waals surface area contributed by atoms with Gasteiger partial charge in [-0.2, -0.15) is 0 Å². The average molecular weight is 200 g/mol. The number of aryl methyl sites for hydroxylation is 2. The second-order valence-electron chi connectivity index (χ2n) is 4.67. The number of rotatable bonds is 1. The Labute approximate surface area is 89.7 Å². The van der Waals surface area contributed by atoms with Crippen LogP contribution in [0.5, 0.6) is 0 Å². The fourth-order valence-corrected chi connectivity index (χ4v) is 2.52. The lowest BCUT2D eigenvalue weighted by atomic mass is 10.0. The smallest absolute Gasteiger partial charge is 0.0483 e. The van der Waals surface area contributed by atoms with Crippen molar-refractivity contribution in [1.29, 1.82) is 0 Å². The first-order chi connectivity index (χ1) is 7.18. The summed E-state index contributed by atoms with van der Waals surface area (Å²) >= 11 is 0. The Hall–Kier alpha value is -1.28. The maximum atomic E-state index is 5.94. The van der Waals surface area contributed by atoms with E-state index in [2.05, 4.69) is 42.9 Å². The van der Waals surface area contributed by atoms with Gasteiger partial charge >= 0.3 is 0 Å². The molecule has 1 saturated carbocycles. The first kappa shape index (κ1) is 8.98. The molecule has 1 fully saturated rings. The molecule has 1 aliphatic carbocycles. The maximum absolute atomic E-state index is 5.94. The molecule has 2 atom stereocenters. The van der Waals surface area contributed by atoms with Crippen molar-refractivity contribution in [3.63, 3.8) is 0 Å². The molecule has 0 aliphatic heterocycles. The van der Waals surface area contributed by atoms with Crippen molar-refractivity contribution in [2.24, 2.45) is 12.8 Å². The number of nitrogens with zero attached hydrogens (tertiary/aromatic N) is 1. The molecule has 0 unspecified atom stereocenters. The summed E-state index contributed by atoms with van der Waals surface area (Å²) in [5, 5.41) is 1.41. The molecule has 3 rings (SSSR count). The monoisotopic (exact) mass is 200 g/mol. The molecule has 0 amide bonds. The first-order valence-electron chi connectivity index (χ1n) is 5.48. The highest BCUT2D eigenvalue weighted by Gasteiger charge is 2.37. The molecule has 2 aromatic rings. The summed E-state index contributed by atoms with van der Waals surface area (Å²) in [5.74, 6) is 0.592. The maximum Gasteiger partial charge on any atom is 0.0483 e. The fraction of sp³-hybridized carbons (Fsp3) is 0.385. The van der Waals surface area contributed by atoms with Gasteiger partial charge in [0, 0.05) is 36.1 Å². The molecule has 2 heteroatoms. The molecule has 1 aromatic heterocycles. The Bertz CT molecular complexity index is 525. The zero-order valence-electron chi connectivity index (χ0n) is 9.20. The van der Waals surface area contributed by atoms with E-state index in [0.717, 1.165) is 6.42 Å². The van der Waals surface area contributed by atoms with Gasteiger partial charge < -0.3 is 10.3 Å². The number of aromatic nitrogens is 1. The van der Waals surface area contributed by atoms with E-state index in [1.807, 2.05) is 0 Å². The third kappa shape index (κ3) is 1.21. The van der Waals surface area contributed by atoms with Gasteiger partial charge in [-0.3, -0.25) is 0 Å². The van der Waals surface area contributed by atoms with Crippen LogP contribution in [0.1, 0.15) is 23.5 Å². The summed E-state index contributed by atoms with van der Waals surface area (Å²) < 4.78 is 2.21. The van der Waals surface area contributed by atoms with E-state index in [4.69, 9.17) is 5.73 Å². The minimum Gasteiger partial charge on any atom is -0.350 e. The van der Waals surface area contributed by atoms with Gasteiger partial charge in [-0.05, 0) is 30.5 Å². The Morgan fingerprint density at radius 2 is 2.13 bits per heavy atom. The molecule has 1 aliphatic rings. The van der Waals surface area contributed by atoms with E-state index in [-0.39, 0.29) is 0 Å². The van der Waals surface area contributed by atoms with Gasteiger partial charge in [0.15, 0.2) is 0 Å². The van der Waals surface area contributed by atoms with Crippen molar-refractivity contribution in [2.45, 2.75) is 25.3 Å². The molecule has 1 aromatic carbocycles. The number of fused-ring (bicyclic) bond motifs is 1. The van der Waals surface area contributed by atoms with Gasteiger partial charge in [0.1, 0.15) is 0 Å². The third-order valence-corrected chi connectivity index (χ3v) is 3.49. The van der Waals surface area contributed by atoms with E-state index in [1.54, 1.807) is 0 Å². The van der Waals surface area contributed by atoms with Crippen molar-refractivity contribution in [1.82, 2.24) is 4.57 Å². The summed E-state index contributed by atoms with van der Waals surface area (Å²) in [5.41, 5.74) is 10.1. The van der Waals surface area contributed by atoms with Crippen LogP contribution in [0.3, 0.4) is 0 Å². The average Bonchev–Trinajstić information content (AvgIpc) is 2.82. The molecule has 0 saturated heterocycles. The topological polar surface area (TPSA) is 30.9 Å². The highest BCUT2D eigenvalue weighted by atomic mass is 14.9. The van der Waals surface area contributed by atoms with Crippen molar-refractivity contribution in [3.8, 4) is 0 Å². The van der Waals surface area contributed by atoms with E-state index < -0.39 is 0 Å². The Morgan fingerprint density at radius 1 is 1.40 bits per heavy atom. The minimum absolute atomic E-state index is 0.384. The number of hydrogen-bond donors (Lipinski definition) is 1. The largest absolute Gasteiger partial charge is 0.350 e. The van der Waals surface area contributed by atoms with Crippen molar-refractivity contribution in [3.05, 3.63) is 35.5 Å². The molecular weight excluding hydrogens is 184 g/mol. The van der Waals surface area contributed by atoms with Crippen LogP contribution in [0.25, 0.3) is 10.9 Å². The third-order valence-electron chi connectivity index (χ3n) is 3.49. The van der Waals surface area contributed by atoms with Crippen LogP contribution in [0.2, 0.25) is 0 Å². The first-order valence-corrected chi connectivity index (χ1v) is 5.48. The van der Waals surface area contributed by atoms with Gasteiger partial charge in [0.25, 0.3) is 0 Å². The number of hydrogen-bond acceptors (Lipinski definition) is 1. The molecule has 0 bridgehead atoms. The van der Waals surface area contributed by atoms with Crippen LogP contribution in [-0.2, 0) is 7.05 Å². The SMILES string of the molecule is Cc1cccc2c1c([C@H]1C[C@H]1N)cn2C. The molecule has 1 heterocycles. The second kappa shape index (κ2) is 2.86. The van der Waals surface area contributed by atoms with E-state index in [9.17, 15) is 0 Å². The summed E-state index contributed by atoms with van der Waals surface area (Å²) in [7, 11) is 2.11. The van der Waals surface area contributed by atoms with Crippen LogP contribution in [0.4, 0.5) is 0 Å². The van der Waals surface area contributed by atoms with Gasteiger partial charge in [0.2, 0.25) is 0 Å². The van der Waals surface area contributed by atoms with Crippen molar-refractivity contribution >= 4 is 10.9 Å². The van der Waals surface area contributed by atoms with Gasteiger partial charge in [0.05, 0.1) is 0 Å². The van der Waals surface area contributed by atoms with Crippen molar-refractivity contribution in [2.75, 3.05) is 0 Å². The molecule has 15 heavy (non-hydrogen) atoms. The Morgan fingerprint density at radius 3 is 2.80 bits per heavy atom.